The van der Waals surface area contributed by atoms with Gasteiger partial charge in [-0.25, -0.2) is 4.90 Å². The Labute approximate surface area is 166 Å². The van der Waals surface area contributed by atoms with Crippen molar-refractivity contribution in [2.75, 3.05) is 9.80 Å². The molecule has 0 N–H and O–H groups in total. The molecule has 0 unspecified atom stereocenters. The summed E-state index contributed by atoms with van der Waals surface area (Å²) >= 11 is 0.862. The van der Waals surface area contributed by atoms with E-state index in [0.717, 1.165) is 33.0 Å². The topological polar surface area (TPSA) is 57.7 Å². The molecule has 0 bridgehead atoms. The van der Waals surface area contributed by atoms with Gasteiger partial charge in [0.1, 0.15) is 0 Å². The Hall–Kier alpha value is -3.12. The van der Waals surface area contributed by atoms with E-state index in [1.54, 1.807) is 24.3 Å². The first-order chi connectivity index (χ1) is 13.5. The Morgan fingerprint density at radius 3 is 2.43 bits per heavy atom. The number of carbonyl (C=O) groups excluding carboxylic acids is 3. The number of benzene rings is 3. The summed E-state index contributed by atoms with van der Waals surface area (Å²) < 4.78 is 0. The number of rotatable bonds is 3. The number of carbonyl (C=O) groups is 3. The highest BCUT2D eigenvalue weighted by Gasteiger charge is 2.45. The third-order valence-electron chi connectivity index (χ3n) is 4.67. The van der Waals surface area contributed by atoms with Gasteiger partial charge in [0, 0.05) is 12.6 Å². The van der Waals surface area contributed by atoms with Crippen LogP contribution in [0, 0.1) is 6.92 Å². The van der Waals surface area contributed by atoms with Crippen molar-refractivity contribution in [3.63, 3.8) is 0 Å². The molecule has 3 aromatic carbocycles. The van der Waals surface area contributed by atoms with Crippen molar-refractivity contribution in [3.05, 3.63) is 72.3 Å². The second kappa shape index (κ2) is 7.13. The minimum absolute atomic E-state index is 0.292. The number of amides is 3. The summed E-state index contributed by atoms with van der Waals surface area (Å²) in [6.45, 7) is 3.30. The van der Waals surface area contributed by atoms with Gasteiger partial charge in [-0.3, -0.25) is 19.3 Å². The highest BCUT2D eigenvalue weighted by Crippen LogP contribution is 2.36. The zero-order chi connectivity index (χ0) is 19.8. The van der Waals surface area contributed by atoms with Gasteiger partial charge < -0.3 is 0 Å². The second-order valence-corrected chi connectivity index (χ2v) is 7.70. The molecule has 3 amide bonds. The minimum Gasteiger partial charge on any atom is -0.290 e. The van der Waals surface area contributed by atoms with Crippen molar-refractivity contribution >= 4 is 51.0 Å². The highest BCUT2D eigenvalue weighted by atomic mass is 32.2. The van der Waals surface area contributed by atoms with Crippen molar-refractivity contribution < 1.29 is 14.4 Å². The Kier molecular flexibility index (Phi) is 4.65. The standard InChI is InChI=1S/C22H18N2O3S/c1-14-6-5-9-18(12-14)24-20(26)21(28-22(24)27)23(15(2)25)19-11-10-16-7-3-4-8-17(16)13-19/h3-13,21H,1-2H3/t21-/m1/s1. The van der Waals surface area contributed by atoms with Gasteiger partial charge in [0.25, 0.3) is 11.1 Å². The molecule has 1 fully saturated rings. The summed E-state index contributed by atoms with van der Waals surface area (Å²) in [6.07, 6.45) is 0. The third-order valence-corrected chi connectivity index (χ3v) is 5.69. The summed E-state index contributed by atoms with van der Waals surface area (Å²) in [6, 6.07) is 20.6. The van der Waals surface area contributed by atoms with Crippen LogP contribution >= 0.6 is 11.8 Å². The third kappa shape index (κ3) is 3.16. The maximum absolute atomic E-state index is 13.1. The summed E-state index contributed by atoms with van der Waals surface area (Å²) in [5.74, 6) is -0.705. The Bertz CT molecular complexity index is 1110. The molecule has 4 rings (SSSR count). The van der Waals surface area contributed by atoms with Crippen molar-refractivity contribution in [1.29, 1.82) is 0 Å². The van der Waals surface area contributed by atoms with Gasteiger partial charge >= 0.3 is 0 Å². The molecule has 1 atom stereocenters. The lowest BCUT2D eigenvalue weighted by Crippen LogP contribution is -2.44. The van der Waals surface area contributed by atoms with E-state index in [4.69, 9.17) is 0 Å². The normalized spacial score (nSPS) is 16.6. The van der Waals surface area contributed by atoms with E-state index in [1.165, 1.54) is 11.8 Å². The SMILES string of the molecule is CC(=O)N(c1ccc2ccccc2c1)[C@@H]1SC(=O)N(c2cccc(C)c2)C1=O. The Morgan fingerprint density at radius 2 is 1.71 bits per heavy atom. The van der Waals surface area contributed by atoms with E-state index in [0.29, 0.717) is 11.4 Å². The van der Waals surface area contributed by atoms with E-state index < -0.39 is 11.3 Å². The summed E-state index contributed by atoms with van der Waals surface area (Å²) in [5.41, 5.74) is 2.06. The summed E-state index contributed by atoms with van der Waals surface area (Å²) in [7, 11) is 0. The fourth-order valence-corrected chi connectivity index (χ4v) is 4.44. The van der Waals surface area contributed by atoms with Gasteiger partial charge in [0.05, 0.1) is 5.69 Å². The molecule has 6 heteroatoms. The summed E-state index contributed by atoms with van der Waals surface area (Å²) in [4.78, 5) is 40.7. The fourth-order valence-electron chi connectivity index (χ4n) is 3.37. The quantitative estimate of drug-likeness (QED) is 0.649. The van der Waals surface area contributed by atoms with E-state index >= 15 is 0 Å². The first-order valence-corrected chi connectivity index (χ1v) is 9.73. The number of imide groups is 1. The Balaban J connectivity index is 1.73. The van der Waals surface area contributed by atoms with Crippen LogP contribution in [0.25, 0.3) is 10.8 Å². The van der Waals surface area contributed by atoms with Gasteiger partial charge in [-0.15, -0.1) is 0 Å². The molecule has 1 aliphatic rings. The van der Waals surface area contributed by atoms with Gasteiger partial charge in [0.2, 0.25) is 5.91 Å². The highest BCUT2D eigenvalue weighted by molar-refractivity contribution is 8.16. The zero-order valence-corrected chi connectivity index (χ0v) is 16.3. The molecule has 0 radical (unpaired) electrons. The van der Waals surface area contributed by atoms with E-state index in [2.05, 4.69) is 0 Å². The van der Waals surface area contributed by atoms with Crippen LogP contribution in [0.1, 0.15) is 12.5 Å². The molecule has 1 aliphatic heterocycles. The molecule has 0 aliphatic carbocycles. The number of fused-ring (bicyclic) bond motifs is 1. The van der Waals surface area contributed by atoms with Crippen LogP contribution in [0.15, 0.2) is 66.7 Å². The monoisotopic (exact) mass is 390 g/mol. The number of thioether (sulfide) groups is 1. The molecule has 5 nitrogen and oxygen atoms in total. The predicted octanol–water partition coefficient (Wildman–Crippen LogP) is 4.73. The van der Waals surface area contributed by atoms with Crippen LogP contribution < -0.4 is 9.80 Å². The molecular formula is C22H18N2O3S. The van der Waals surface area contributed by atoms with Crippen LogP contribution in [0.2, 0.25) is 0 Å². The lowest BCUT2D eigenvalue weighted by molar-refractivity contribution is -0.121. The number of anilines is 2. The number of nitrogens with zero attached hydrogens (tertiary/aromatic N) is 2. The van der Waals surface area contributed by atoms with Gasteiger partial charge in [-0.2, -0.15) is 0 Å². The van der Waals surface area contributed by atoms with Gasteiger partial charge in [-0.05, 0) is 59.3 Å². The van der Waals surface area contributed by atoms with Crippen molar-refractivity contribution in [3.8, 4) is 0 Å². The molecule has 0 spiro atoms. The van der Waals surface area contributed by atoms with Crippen molar-refractivity contribution in [1.82, 2.24) is 0 Å². The Morgan fingerprint density at radius 1 is 0.964 bits per heavy atom. The van der Waals surface area contributed by atoms with Crippen LogP contribution in [0.3, 0.4) is 0 Å². The van der Waals surface area contributed by atoms with Crippen LogP contribution in [-0.4, -0.2) is 22.4 Å². The molecule has 1 saturated heterocycles. The lowest BCUT2D eigenvalue weighted by atomic mass is 10.1. The van der Waals surface area contributed by atoms with Crippen LogP contribution in [-0.2, 0) is 9.59 Å². The first kappa shape index (κ1) is 18.3. The number of aryl methyl sites for hydroxylation is 1. The van der Waals surface area contributed by atoms with Crippen molar-refractivity contribution in [2.24, 2.45) is 0 Å². The van der Waals surface area contributed by atoms with E-state index in [1.807, 2.05) is 49.4 Å². The average molecular weight is 390 g/mol. The van der Waals surface area contributed by atoms with Gasteiger partial charge in [-0.1, -0.05) is 42.5 Å². The van der Waals surface area contributed by atoms with Crippen molar-refractivity contribution in [2.45, 2.75) is 19.2 Å². The fraction of sp³-hybridized carbons (Fsp3) is 0.136. The molecule has 0 aromatic heterocycles. The van der Waals surface area contributed by atoms with Gasteiger partial charge in [0.15, 0.2) is 5.37 Å². The predicted molar refractivity (Wildman–Crippen MR) is 113 cm³/mol. The lowest BCUT2D eigenvalue weighted by Gasteiger charge is -2.26. The van der Waals surface area contributed by atoms with Crippen LogP contribution in [0.5, 0.6) is 0 Å². The maximum atomic E-state index is 13.1. The first-order valence-electron chi connectivity index (χ1n) is 8.85. The second-order valence-electron chi connectivity index (χ2n) is 6.67. The zero-order valence-electron chi connectivity index (χ0n) is 15.5. The number of hydrogen-bond donors (Lipinski definition) is 0. The van der Waals surface area contributed by atoms with Crippen LogP contribution in [0.4, 0.5) is 16.2 Å². The molecule has 28 heavy (non-hydrogen) atoms. The smallest absolute Gasteiger partial charge is 0.290 e. The van der Waals surface area contributed by atoms with E-state index in [9.17, 15) is 14.4 Å². The molecule has 1 heterocycles. The molecular weight excluding hydrogens is 372 g/mol. The summed E-state index contributed by atoms with van der Waals surface area (Å²) in [5, 5.41) is 0.695. The maximum Gasteiger partial charge on any atom is 0.295 e. The molecule has 3 aromatic rings. The number of hydrogen-bond acceptors (Lipinski definition) is 4. The minimum atomic E-state index is -0.924. The van der Waals surface area contributed by atoms with E-state index in [-0.39, 0.29) is 11.1 Å². The average Bonchev–Trinajstić information content (AvgIpc) is 2.95. The molecule has 0 saturated carbocycles. The largest absolute Gasteiger partial charge is 0.295 e. The molecule has 140 valence electrons.